The maximum absolute atomic E-state index is 11.0. The summed E-state index contributed by atoms with van der Waals surface area (Å²) in [6.07, 6.45) is 4.18. The van der Waals surface area contributed by atoms with Crippen molar-refractivity contribution in [3.05, 3.63) is 18.2 Å². The molecule has 0 bridgehead atoms. The number of amides is 1. The Hall–Kier alpha value is -1.36. The monoisotopic (exact) mass is 182 g/mol. The molecule has 0 spiro atoms. The van der Waals surface area contributed by atoms with E-state index < -0.39 is 0 Å². The van der Waals surface area contributed by atoms with Gasteiger partial charge in [0.2, 0.25) is 5.91 Å². The summed E-state index contributed by atoms with van der Waals surface area (Å²) in [5.41, 5.74) is 5.19. The second kappa shape index (κ2) is 4.61. The first-order valence-electron chi connectivity index (χ1n) is 4.26. The van der Waals surface area contributed by atoms with Crippen LogP contribution < -0.4 is 11.1 Å². The Labute approximate surface area is 76.7 Å². The molecule has 5 heteroatoms. The van der Waals surface area contributed by atoms with E-state index in [0.717, 1.165) is 12.2 Å². The Morgan fingerprint density at radius 2 is 2.62 bits per heavy atom. The van der Waals surface area contributed by atoms with E-state index in [1.807, 2.05) is 6.92 Å². The normalized spacial score (nSPS) is 12.5. The van der Waals surface area contributed by atoms with E-state index in [0.29, 0.717) is 0 Å². The van der Waals surface area contributed by atoms with Crippen molar-refractivity contribution in [1.29, 1.82) is 0 Å². The summed E-state index contributed by atoms with van der Waals surface area (Å²) < 4.78 is 0. The average Bonchev–Trinajstić information content (AvgIpc) is 2.66. The lowest BCUT2D eigenvalue weighted by Gasteiger charge is -2.13. The molecule has 1 aromatic heterocycles. The van der Waals surface area contributed by atoms with E-state index in [2.05, 4.69) is 15.3 Å². The van der Waals surface area contributed by atoms with Crippen LogP contribution in [-0.4, -0.2) is 22.4 Å². The maximum Gasteiger partial charge on any atom is 0.234 e. The fraction of sp³-hybridized carbons (Fsp3) is 0.500. The third-order valence-corrected chi connectivity index (χ3v) is 1.78. The highest BCUT2D eigenvalue weighted by Gasteiger charge is 2.12. The van der Waals surface area contributed by atoms with Gasteiger partial charge in [0, 0.05) is 12.4 Å². The molecular formula is C8H14N4O. The quantitative estimate of drug-likeness (QED) is 0.609. The SMILES string of the molecule is CCC(NC(=O)CN)c1ncc[nH]1. The van der Waals surface area contributed by atoms with Crippen LogP contribution in [-0.2, 0) is 4.79 Å². The molecule has 1 amide bonds. The minimum Gasteiger partial charge on any atom is -0.347 e. The third-order valence-electron chi connectivity index (χ3n) is 1.78. The Morgan fingerprint density at radius 3 is 3.08 bits per heavy atom. The molecule has 5 nitrogen and oxygen atoms in total. The zero-order valence-corrected chi connectivity index (χ0v) is 7.58. The number of H-pyrrole nitrogens is 1. The van der Waals surface area contributed by atoms with Crippen molar-refractivity contribution < 1.29 is 4.79 Å². The van der Waals surface area contributed by atoms with Crippen LogP contribution in [0.1, 0.15) is 25.2 Å². The number of nitrogens with zero attached hydrogens (tertiary/aromatic N) is 1. The van der Waals surface area contributed by atoms with Crippen LogP contribution in [0.15, 0.2) is 12.4 Å². The number of imidazole rings is 1. The van der Waals surface area contributed by atoms with Crippen LogP contribution in [0.2, 0.25) is 0 Å². The average molecular weight is 182 g/mol. The molecule has 0 fully saturated rings. The topological polar surface area (TPSA) is 83.8 Å². The molecule has 0 aliphatic rings. The second-order valence-electron chi connectivity index (χ2n) is 2.71. The molecule has 4 N–H and O–H groups in total. The minimum atomic E-state index is -0.164. The fourth-order valence-corrected chi connectivity index (χ4v) is 1.09. The molecule has 1 aromatic rings. The van der Waals surface area contributed by atoms with Crippen molar-refractivity contribution in [3.8, 4) is 0 Å². The predicted octanol–water partition coefficient (Wildman–Crippen LogP) is -0.0643. The van der Waals surface area contributed by atoms with Crippen LogP contribution in [0.4, 0.5) is 0 Å². The lowest BCUT2D eigenvalue weighted by atomic mass is 10.2. The van der Waals surface area contributed by atoms with Crippen LogP contribution in [0.3, 0.4) is 0 Å². The molecule has 1 unspecified atom stereocenters. The highest BCUT2D eigenvalue weighted by atomic mass is 16.1. The number of hydrogen-bond donors (Lipinski definition) is 3. The van der Waals surface area contributed by atoms with Crippen molar-refractivity contribution in [2.24, 2.45) is 5.73 Å². The van der Waals surface area contributed by atoms with Crippen molar-refractivity contribution in [2.45, 2.75) is 19.4 Å². The largest absolute Gasteiger partial charge is 0.347 e. The number of carbonyl (C=O) groups excluding carboxylic acids is 1. The zero-order chi connectivity index (χ0) is 9.68. The zero-order valence-electron chi connectivity index (χ0n) is 7.58. The molecule has 0 aliphatic heterocycles. The number of carbonyl (C=O) groups is 1. The van der Waals surface area contributed by atoms with Crippen LogP contribution in [0.5, 0.6) is 0 Å². The van der Waals surface area contributed by atoms with Crippen LogP contribution >= 0.6 is 0 Å². The maximum atomic E-state index is 11.0. The summed E-state index contributed by atoms with van der Waals surface area (Å²) in [6, 6.07) is -0.0638. The molecule has 0 aromatic carbocycles. The van der Waals surface area contributed by atoms with E-state index in [9.17, 15) is 4.79 Å². The van der Waals surface area contributed by atoms with Crippen LogP contribution in [0.25, 0.3) is 0 Å². The number of nitrogens with one attached hydrogen (secondary N) is 2. The Balaban J connectivity index is 2.58. The molecule has 1 rings (SSSR count). The highest BCUT2D eigenvalue weighted by molar-refractivity contribution is 5.78. The molecule has 0 saturated heterocycles. The van der Waals surface area contributed by atoms with Gasteiger partial charge >= 0.3 is 0 Å². The standard InChI is InChI=1S/C8H14N4O/c1-2-6(12-7(13)5-9)8-10-3-4-11-8/h3-4,6H,2,5,9H2,1H3,(H,10,11)(H,12,13). The summed E-state index contributed by atoms with van der Waals surface area (Å²) in [7, 11) is 0. The summed E-state index contributed by atoms with van der Waals surface area (Å²) in [6.45, 7) is 1.99. The molecule has 13 heavy (non-hydrogen) atoms. The molecule has 72 valence electrons. The summed E-state index contributed by atoms with van der Waals surface area (Å²) in [4.78, 5) is 18.0. The first-order chi connectivity index (χ1) is 6.27. The van der Waals surface area contributed by atoms with Gasteiger partial charge < -0.3 is 16.0 Å². The Morgan fingerprint density at radius 1 is 1.85 bits per heavy atom. The lowest BCUT2D eigenvalue weighted by molar-refractivity contribution is -0.120. The van der Waals surface area contributed by atoms with Crippen molar-refractivity contribution in [3.63, 3.8) is 0 Å². The van der Waals surface area contributed by atoms with Crippen molar-refractivity contribution in [2.75, 3.05) is 6.54 Å². The molecule has 0 saturated carbocycles. The fourth-order valence-electron chi connectivity index (χ4n) is 1.09. The molecule has 0 radical (unpaired) electrons. The first kappa shape index (κ1) is 9.73. The summed E-state index contributed by atoms with van der Waals surface area (Å²) >= 11 is 0. The van der Waals surface area contributed by atoms with Gasteiger partial charge in [-0.1, -0.05) is 6.92 Å². The van der Waals surface area contributed by atoms with Crippen molar-refractivity contribution in [1.82, 2.24) is 15.3 Å². The Bertz CT molecular complexity index is 257. The van der Waals surface area contributed by atoms with E-state index in [-0.39, 0.29) is 18.5 Å². The van der Waals surface area contributed by atoms with Crippen LogP contribution in [0, 0.1) is 0 Å². The van der Waals surface area contributed by atoms with Gasteiger partial charge in [0.15, 0.2) is 0 Å². The van der Waals surface area contributed by atoms with Gasteiger partial charge in [-0.2, -0.15) is 0 Å². The molecular weight excluding hydrogens is 168 g/mol. The van der Waals surface area contributed by atoms with Gasteiger partial charge in [0.1, 0.15) is 5.82 Å². The summed E-state index contributed by atoms with van der Waals surface area (Å²) in [5.74, 6) is 0.604. The molecule has 1 heterocycles. The minimum absolute atomic E-state index is 0.0111. The predicted molar refractivity (Wildman–Crippen MR) is 48.8 cm³/mol. The summed E-state index contributed by atoms with van der Waals surface area (Å²) in [5, 5.41) is 2.76. The number of rotatable bonds is 4. The van der Waals surface area contributed by atoms with Gasteiger partial charge in [-0.15, -0.1) is 0 Å². The van der Waals surface area contributed by atoms with E-state index in [1.165, 1.54) is 0 Å². The number of nitrogens with two attached hydrogens (primary N) is 1. The van der Waals surface area contributed by atoms with Gasteiger partial charge in [0.25, 0.3) is 0 Å². The van der Waals surface area contributed by atoms with E-state index in [4.69, 9.17) is 5.73 Å². The number of aromatic nitrogens is 2. The van der Waals surface area contributed by atoms with Gasteiger partial charge in [0.05, 0.1) is 12.6 Å². The smallest absolute Gasteiger partial charge is 0.234 e. The van der Waals surface area contributed by atoms with Crippen molar-refractivity contribution >= 4 is 5.91 Å². The van der Waals surface area contributed by atoms with Gasteiger partial charge in [-0.25, -0.2) is 4.98 Å². The Kier molecular flexibility index (Phi) is 3.45. The third kappa shape index (κ3) is 2.55. The van der Waals surface area contributed by atoms with E-state index in [1.54, 1.807) is 12.4 Å². The lowest BCUT2D eigenvalue weighted by Crippen LogP contribution is -2.33. The highest BCUT2D eigenvalue weighted by Crippen LogP contribution is 2.10. The van der Waals surface area contributed by atoms with Gasteiger partial charge in [-0.05, 0) is 6.42 Å². The molecule has 0 aliphatic carbocycles. The number of aromatic amines is 1. The molecule has 1 atom stereocenters. The van der Waals surface area contributed by atoms with Gasteiger partial charge in [-0.3, -0.25) is 4.79 Å². The second-order valence-corrected chi connectivity index (χ2v) is 2.71. The first-order valence-corrected chi connectivity index (χ1v) is 4.26. The van der Waals surface area contributed by atoms with E-state index >= 15 is 0 Å². The number of hydrogen-bond acceptors (Lipinski definition) is 3.